The number of nitrogens with zero attached hydrogens (tertiary/aromatic N) is 2. The molecule has 2 rings (SSSR count). The molecule has 182 valence electrons. The van der Waals surface area contributed by atoms with Crippen molar-refractivity contribution in [2.75, 3.05) is 27.4 Å². The topological polar surface area (TPSA) is 140 Å². The average Bonchev–Trinajstić information content (AvgIpc) is 2.79. The number of ether oxygens (including phenoxy) is 2. The molecule has 0 fully saturated rings. The van der Waals surface area contributed by atoms with Crippen LogP contribution in [-0.2, 0) is 25.1 Å². The zero-order valence-electron chi connectivity index (χ0n) is 18.7. The lowest BCUT2D eigenvalue weighted by Crippen LogP contribution is -2.00. The van der Waals surface area contributed by atoms with Gasteiger partial charge >= 0.3 is 19.0 Å². The van der Waals surface area contributed by atoms with Crippen molar-refractivity contribution in [3.8, 4) is 11.5 Å². The largest absolute Gasteiger partial charge is 0.490 e. The highest BCUT2D eigenvalue weighted by molar-refractivity contribution is 9.08. The van der Waals surface area contributed by atoms with E-state index in [-0.39, 0.29) is 42.2 Å². The Hall–Kier alpha value is -2.53. The van der Waals surface area contributed by atoms with Gasteiger partial charge in [0.1, 0.15) is 0 Å². The molecule has 0 saturated heterocycles. The molecular weight excluding hydrogens is 523 g/mol. The van der Waals surface area contributed by atoms with E-state index in [4.69, 9.17) is 18.5 Å². The van der Waals surface area contributed by atoms with E-state index >= 15 is 0 Å². The number of hydrogen-bond donors (Lipinski definition) is 0. The van der Waals surface area contributed by atoms with Crippen LogP contribution in [0.5, 0.6) is 11.5 Å². The zero-order valence-corrected chi connectivity index (χ0v) is 21.2. The molecule has 0 atom stereocenters. The van der Waals surface area contributed by atoms with Gasteiger partial charge in [-0.2, -0.15) is 0 Å². The molecule has 0 spiro atoms. The van der Waals surface area contributed by atoms with Crippen LogP contribution in [0.2, 0.25) is 0 Å². The van der Waals surface area contributed by atoms with Crippen LogP contribution < -0.4 is 9.47 Å². The summed E-state index contributed by atoms with van der Waals surface area (Å²) in [6, 6.07) is 9.26. The maximum atomic E-state index is 12.4. The van der Waals surface area contributed by atoms with Crippen LogP contribution in [0.15, 0.2) is 36.4 Å². The molecule has 0 aromatic heterocycles. The van der Waals surface area contributed by atoms with Crippen molar-refractivity contribution < 1.29 is 32.9 Å². The van der Waals surface area contributed by atoms with E-state index in [0.29, 0.717) is 10.9 Å². The number of hydrogen-bond acceptors (Lipinski definition) is 9. The van der Waals surface area contributed by atoms with Gasteiger partial charge in [-0.15, -0.1) is 0 Å². The van der Waals surface area contributed by atoms with Crippen LogP contribution in [0, 0.1) is 20.2 Å². The Morgan fingerprint density at radius 2 is 1.27 bits per heavy atom. The van der Waals surface area contributed by atoms with Crippen LogP contribution in [0.4, 0.5) is 11.4 Å². The van der Waals surface area contributed by atoms with Crippen molar-refractivity contribution in [1.82, 2.24) is 0 Å². The van der Waals surface area contributed by atoms with Gasteiger partial charge in [0, 0.05) is 17.5 Å². The summed E-state index contributed by atoms with van der Waals surface area (Å²) in [6.45, 7) is 3.91. The monoisotopic (exact) mass is 548 g/mol. The summed E-state index contributed by atoms with van der Waals surface area (Å²) in [4.78, 5) is 20.5. The van der Waals surface area contributed by atoms with E-state index < -0.39 is 17.4 Å². The SMILES string of the molecule is CCOP(=O)(Cc1ccc(OC)c([N+](=O)[O-])c1)OCC.COc1ccc(CBr)cc1[N+](=O)[O-]. The van der Waals surface area contributed by atoms with Crippen LogP contribution in [-0.4, -0.2) is 37.3 Å². The summed E-state index contributed by atoms with van der Waals surface area (Å²) in [7, 11) is -0.511. The third-order valence-corrected chi connectivity index (χ3v) is 6.77. The normalized spacial score (nSPS) is 10.7. The Morgan fingerprint density at radius 3 is 1.64 bits per heavy atom. The smallest absolute Gasteiger partial charge is 0.335 e. The Kier molecular flexibility index (Phi) is 12.0. The molecule has 0 N–H and O–H groups in total. The first-order valence-corrected chi connectivity index (χ1v) is 12.6. The summed E-state index contributed by atoms with van der Waals surface area (Å²) in [5, 5.41) is 22.1. The molecular formula is C20H26BrN2O9P. The lowest BCUT2D eigenvalue weighted by Gasteiger charge is -2.17. The fourth-order valence-electron chi connectivity index (χ4n) is 2.68. The number of nitro benzene ring substituents is 2. The maximum absolute atomic E-state index is 12.4. The van der Waals surface area contributed by atoms with E-state index in [1.807, 2.05) is 0 Å². The highest BCUT2D eigenvalue weighted by Crippen LogP contribution is 2.51. The summed E-state index contributed by atoms with van der Waals surface area (Å²) in [5.74, 6) is 0.441. The lowest BCUT2D eigenvalue weighted by molar-refractivity contribution is -0.385. The molecule has 0 saturated carbocycles. The van der Waals surface area contributed by atoms with Crippen molar-refractivity contribution in [2.45, 2.75) is 25.3 Å². The number of halogens is 1. The molecule has 0 bridgehead atoms. The summed E-state index contributed by atoms with van der Waals surface area (Å²) in [6.07, 6.45) is -0.0144. The number of benzene rings is 2. The molecule has 0 aliphatic carbocycles. The van der Waals surface area contributed by atoms with E-state index in [1.54, 1.807) is 32.0 Å². The molecule has 0 heterocycles. The van der Waals surface area contributed by atoms with Gasteiger partial charge in [0.2, 0.25) is 0 Å². The van der Waals surface area contributed by atoms with E-state index in [1.165, 1.54) is 32.4 Å². The predicted molar refractivity (Wildman–Crippen MR) is 126 cm³/mol. The van der Waals surface area contributed by atoms with Crippen LogP contribution in [0.1, 0.15) is 25.0 Å². The van der Waals surface area contributed by atoms with E-state index in [2.05, 4.69) is 15.9 Å². The molecule has 13 heteroatoms. The molecule has 2 aromatic carbocycles. The van der Waals surface area contributed by atoms with Gasteiger partial charge in [-0.3, -0.25) is 24.8 Å². The summed E-state index contributed by atoms with van der Waals surface area (Å²) in [5.41, 5.74) is 1.18. The number of alkyl halides is 1. The van der Waals surface area contributed by atoms with Crippen LogP contribution in [0.3, 0.4) is 0 Å². The standard InChI is InChI=1S/C12H18NO6P.C8H8BrNO3/c1-4-18-20(16,19-5-2)9-10-6-7-12(17-3)11(8-10)13(14)15;1-13-8-3-2-6(5-9)4-7(8)10(11)12/h6-8H,4-5,9H2,1-3H3;2-4H,5H2,1H3. The quantitative estimate of drug-likeness (QED) is 0.146. The van der Waals surface area contributed by atoms with Gasteiger partial charge in [-0.05, 0) is 37.1 Å². The zero-order chi connectivity index (χ0) is 25.0. The number of rotatable bonds is 11. The second-order valence-electron chi connectivity index (χ2n) is 6.26. The van der Waals surface area contributed by atoms with Gasteiger partial charge < -0.3 is 18.5 Å². The van der Waals surface area contributed by atoms with Gasteiger partial charge in [-0.25, -0.2) is 0 Å². The van der Waals surface area contributed by atoms with Crippen molar-refractivity contribution in [3.05, 3.63) is 67.8 Å². The van der Waals surface area contributed by atoms with Crippen molar-refractivity contribution >= 4 is 34.9 Å². The van der Waals surface area contributed by atoms with Gasteiger partial charge in [0.15, 0.2) is 11.5 Å². The molecule has 0 unspecified atom stereocenters. The van der Waals surface area contributed by atoms with Crippen molar-refractivity contribution in [3.63, 3.8) is 0 Å². The molecule has 33 heavy (non-hydrogen) atoms. The molecule has 0 aliphatic rings. The first-order valence-electron chi connectivity index (χ1n) is 9.71. The van der Waals surface area contributed by atoms with Crippen molar-refractivity contribution in [1.29, 1.82) is 0 Å². The first-order chi connectivity index (χ1) is 15.6. The number of nitro groups is 2. The molecule has 11 nitrogen and oxygen atoms in total. The van der Waals surface area contributed by atoms with Crippen LogP contribution >= 0.6 is 23.5 Å². The third kappa shape index (κ3) is 8.73. The maximum Gasteiger partial charge on any atom is 0.335 e. The average molecular weight is 549 g/mol. The molecule has 0 radical (unpaired) electrons. The van der Waals surface area contributed by atoms with Gasteiger partial charge in [0.25, 0.3) is 0 Å². The lowest BCUT2D eigenvalue weighted by atomic mass is 10.2. The Labute approximate surface area is 200 Å². The third-order valence-electron chi connectivity index (χ3n) is 4.06. The van der Waals surface area contributed by atoms with Crippen molar-refractivity contribution in [2.24, 2.45) is 0 Å². The number of methoxy groups -OCH3 is 2. The second-order valence-corrected chi connectivity index (χ2v) is 8.88. The van der Waals surface area contributed by atoms with Gasteiger partial charge in [-0.1, -0.05) is 28.1 Å². The minimum absolute atomic E-state index is 0.000509. The minimum Gasteiger partial charge on any atom is -0.490 e. The Bertz CT molecular complexity index is 993. The fraction of sp³-hybridized carbons (Fsp3) is 0.400. The Morgan fingerprint density at radius 1 is 0.848 bits per heavy atom. The minimum atomic E-state index is -3.28. The molecule has 0 amide bonds. The Balaban J connectivity index is 0.000000361. The highest BCUT2D eigenvalue weighted by atomic mass is 79.9. The highest BCUT2D eigenvalue weighted by Gasteiger charge is 2.26. The van der Waals surface area contributed by atoms with E-state index in [9.17, 15) is 24.8 Å². The summed E-state index contributed by atoms with van der Waals surface area (Å²) >= 11 is 3.22. The summed E-state index contributed by atoms with van der Waals surface area (Å²) < 4.78 is 32.5. The second kappa shape index (κ2) is 13.9. The molecule has 0 aliphatic heterocycles. The van der Waals surface area contributed by atoms with Crippen LogP contribution in [0.25, 0.3) is 0 Å². The molecule has 2 aromatic rings. The first kappa shape index (κ1) is 28.5. The van der Waals surface area contributed by atoms with E-state index in [0.717, 1.165) is 5.56 Å². The predicted octanol–water partition coefficient (Wildman–Crippen LogP) is 5.87. The van der Waals surface area contributed by atoms with Gasteiger partial charge in [0.05, 0.1) is 43.4 Å². The fourth-order valence-corrected chi connectivity index (χ4v) is 4.72.